The monoisotopic (exact) mass is 142 g/mol. The smallest absolute Gasteiger partial charge is 0.0652 e. The predicted molar refractivity (Wildman–Crippen MR) is 45.1 cm³/mol. The summed E-state index contributed by atoms with van der Waals surface area (Å²) in [5.41, 5.74) is 0.0307. The zero-order chi connectivity index (χ0) is 8.04. The number of hydrogen-bond donors (Lipinski definition) is 0. The molecule has 0 rings (SSSR count). The Kier molecular flexibility index (Phi) is 4.37. The van der Waals surface area contributed by atoms with E-state index in [2.05, 4.69) is 27.4 Å². The van der Waals surface area contributed by atoms with E-state index < -0.39 is 0 Å². The van der Waals surface area contributed by atoms with Crippen LogP contribution >= 0.6 is 0 Å². The average molecular weight is 142 g/mol. The summed E-state index contributed by atoms with van der Waals surface area (Å²) in [6, 6.07) is 0. The lowest BCUT2D eigenvalue weighted by atomic mass is 10.0. The maximum atomic E-state index is 5.50. The largest absolute Gasteiger partial charge is 0.372 e. The van der Waals surface area contributed by atoms with Crippen LogP contribution < -0.4 is 0 Å². The second-order valence-corrected chi connectivity index (χ2v) is 3.11. The third kappa shape index (κ3) is 4.57. The molecule has 0 aliphatic carbocycles. The van der Waals surface area contributed by atoms with E-state index in [9.17, 15) is 0 Å². The van der Waals surface area contributed by atoms with E-state index in [4.69, 9.17) is 4.74 Å². The van der Waals surface area contributed by atoms with Gasteiger partial charge in [-0.3, -0.25) is 0 Å². The van der Waals surface area contributed by atoms with Crippen molar-refractivity contribution in [3.8, 4) is 0 Å². The maximum absolute atomic E-state index is 5.50. The van der Waals surface area contributed by atoms with Crippen molar-refractivity contribution < 1.29 is 4.74 Å². The Morgan fingerprint density at radius 1 is 1.50 bits per heavy atom. The molecule has 0 spiro atoms. The molecular weight excluding hydrogens is 124 g/mol. The van der Waals surface area contributed by atoms with Crippen LogP contribution in [0.15, 0.2) is 12.7 Å². The first kappa shape index (κ1) is 9.70. The van der Waals surface area contributed by atoms with Crippen molar-refractivity contribution in [1.82, 2.24) is 0 Å². The van der Waals surface area contributed by atoms with Crippen LogP contribution in [0.4, 0.5) is 0 Å². The second kappa shape index (κ2) is 4.51. The maximum Gasteiger partial charge on any atom is 0.0652 e. The topological polar surface area (TPSA) is 9.23 Å². The van der Waals surface area contributed by atoms with Gasteiger partial charge in [0, 0.05) is 0 Å². The summed E-state index contributed by atoms with van der Waals surface area (Å²) >= 11 is 0. The molecule has 1 nitrogen and oxygen atoms in total. The van der Waals surface area contributed by atoms with Crippen LogP contribution in [0.25, 0.3) is 0 Å². The highest BCUT2D eigenvalue weighted by atomic mass is 16.5. The lowest BCUT2D eigenvalue weighted by Crippen LogP contribution is -2.23. The molecular formula is C9H18O. The fraction of sp³-hybridized carbons (Fsp3) is 0.778. The first-order chi connectivity index (χ1) is 4.62. The molecule has 0 N–H and O–H groups in total. The quantitative estimate of drug-likeness (QED) is 0.536. The van der Waals surface area contributed by atoms with E-state index in [0.29, 0.717) is 6.61 Å². The lowest BCUT2D eigenvalue weighted by Gasteiger charge is -2.23. The standard InChI is InChI=1S/C9H18O/c1-5-7-9(3,4)10-8-6-2/h6H,2,5,7-8H2,1,3-4H3. The summed E-state index contributed by atoms with van der Waals surface area (Å²) in [6.45, 7) is 10.6. The summed E-state index contributed by atoms with van der Waals surface area (Å²) in [4.78, 5) is 0. The Balaban J connectivity index is 3.51. The summed E-state index contributed by atoms with van der Waals surface area (Å²) in [6.07, 6.45) is 4.07. The van der Waals surface area contributed by atoms with Gasteiger partial charge in [0.15, 0.2) is 0 Å². The molecule has 0 fully saturated rings. The van der Waals surface area contributed by atoms with Crippen molar-refractivity contribution in [3.63, 3.8) is 0 Å². The Hall–Kier alpha value is -0.300. The zero-order valence-electron chi connectivity index (χ0n) is 7.31. The number of hydrogen-bond acceptors (Lipinski definition) is 1. The minimum atomic E-state index is 0.0307. The lowest BCUT2D eigenvalue weighted by molar-refractivity contribution is -0.00758. The Labute approximate surface area is 64.1 Å². The molecule has 0 aromatic rings. The van der Waals surface area contributed by atoms with Gasteiger partial charge >= 0.3 is 0 Å². The Morgan fingerprint density at radius 2 is 2.10 bits per heavy atom. The van der Waals surface area contributed by atoms with E-state index in [-0.39, 0.29) is 5.60 Å². The molecule has 0 heterocycles. The molecule has 1 heteroatoms. The molecule has 0 atom stereocenters. The van der Waals surface area contributed by atoms with Crippen LogP contribution in [-0.4, -0.2) is 12.2 Å². The number of rotatable bonds is 5. The molecule has 0 aromatic carbocycles. The Bertz CT molecular complexity index is 94.9. The fourth-order valence-corrected chi connectivity index (χ4v) is 0.959. The van der Waals surface area contributed by atoms with Gasteiger partial charge in [0.2, 0.25) is 0 Å². The van der Waals surface area contributed by atoms with E-state index in [1.807, 2.05) is 0 Å². The summed E-state index contributed by atoms with van der Waals surface area (Å²) in [5.74, 6) is 0. The van der Waals surface area contributed by atoms with Gasteiger partial charge in [-0.2, -0.15) is 0 Å². The van der Waals surface area contributed by atoms with Crippen LogP contribution in [0.3, 0.4) is 0 Å². The van der Waals surface area contributed by atoms with Gasteiger partial charge in [-0.1, -0.05) is 19.4 Å². The SMILES string of the molecule is C=CCOC(C)(C)CCC. The number of ether oxygens (including phenoxy) is 1. The Morgan fingerprint density at radius 3 is 2.50 bits per heavy atom. The van der Waals surface area contributed by atoms with Crippen LogP contribution in [0.5, 0.6) is 0 Å². The molecule has 0 aliphatic rings. The molecule has 0 aliphatic heterocycles. The molecule has 0 aromatic heterocycles. The van der Waals surface area contributed by atoms with E-state index in [0.717, 1.165) is 6.42 Å². The summed E-state index contributed by atoms with van der Waals surface area (Å²) < 4.78 is 5.50. The van der Waals surface area contributed by atoms with Crippen LogP contribution in [0.2, 0.25) is 0 Å². The minimum absolute atomic E-state index is 0.0307. The van der Waals surface area contributed by atoms with Crippen molar-refractivity contribution >= 4 is 0 Å². The summed E-state index contributed by atoms with van der Waals surface area (Å²) in [5, 5.41) is 0. The van der Waals surface area contributed by atoms with Crippen molar-refractivity contribution in [2.75, 3.05) is 6.61 Å². The highest BCUT2D eigenvalue weighted by Gasteiger charge is 2.15. The highest BCUT2D eigenvalue weighted by molar-refractivity contribution is 4.72. The van der Waals surface area contributed by atoms with Crippen LogP contribution in [-0.2, 0) is 4.74 Å². The third-order valence-electron chi connectivity index (χ3n) is 1.44. The molecule has 0 saturated heterocycles. The summed E-state index contributed by atoms with van der Waals surface area (Å²) in [7, 11) is 0. The van der Waals surface area contributed by atoms with Gasteiger partial charge < -0.3 is 4.74 Å². The van der Waals surface area contributed by atoms with Gasteiger partial charge in [-0.25, -0.2) is 0 Å². The van der Waals surface area contributed by atoms with Gasteiger partial charge in [-0.15, -0.1) is 6.58 Å². The van der Waals surface area contributed by atoms with Gasteiger partial charge in [-0.05, 0) is 20.3 Å². The normalized spacial score (nSPS) is 11.5. The zero-order valence-corrected chi connectivity index (χ0v) is 7.31. The molecule has 0 amide bonds. The van der Waals surface area contributed by atoms with E-state index in [1.165, 1.54) is 6.42 Å². The van der Waals surface area contributed by atoms with Crippen LogP contribution in [0.1, 0.15) is 33.6 Å². The van der Waals surface area contributed by atoms with Crippen molar-refractivity contribution in [2.24, 2.45) is 0 Å². The van der Waals surface area contributed by atoms with Gasteiger partial charge in [0.1, 0.15) is 0 Å². The molecule has 10 heavy (non-hydrogen) atoms. The molecule has 60 valence electrons. The van der Waals surface area contributed by atoms with Gasteiger partial charge in [0.25, 0.3) is 0 Å². The average Bonchev–Trinajstić information content (AvgIpc) is 1.84. The molecule has 0 unspecified atom stereocenters. The van der Waals surface area contributed by atoms with Gasteiger partial charge in [0.05, 0.1) is 12.2 Å². The fourth-order valence-electron chi connectivity index (χ4n) is 0.959. The molecule has 0 bridgehead atoms. The minimum Gasteiger partial charge on any atom is -0.372 e. The predicted octanol–water partition coefficient (Wildman–Crippen LogP) is 2.77. The van der Waals surface area contributed by atoms with E-state index in [1.54, 1.807) is 6.08 Å². The third-order valence-corrected chi connectivity index (χ3v) is 1.44. The first-order valence-corrected chi connectivity index (χ1v) is 3.87. The highest BCUT2D eigenvalue weighted by Crippen LogP contribution is 2.15. The molecule has 0 saturated carbocycles. The second-order valence-electron chi connectivity index (χ2n) is 3.11. The van der Waals surface area contributed by atoms with Crippen LogP contribution in [0, 0.1) is 0 Å². The molecule has 0 radical (unpaired) electrons. The van der Waals surface area contributed by atoms with Crippen molar-refractivity contribution in [2.45, 2.75) is 39.2 Å². The van der Waals surface area contributed by atoms with Crippen molar-refractivity contribution in [3.05, 3.63) is 12.7 Å². The van der Waals surface area contributed by atoms with E-state index >= 15 is 0 Å². The first-order valence-electron chi connectivity index (χ1n) is 3.87. The van der Waals surface area contributed by atoms with Crippen molar-refractivity contribution in [1.29, 1.82) is 0 Å².